The van der Waals surface area contributed by atoms with Crippen LogP contribution in [0.4, 0.5) is 0 Å². The van der Waals surface area contributed by atoms with E-state index in [4.69, 9.17) is 19.9 Å². The van der Waals surface area contributed by atoms with Crippen LogP contribution in [0.3, 0.4) is 0 Å². The van der Waals surface area contributed by atoms with E-state index in [0.717, 1.165) is 30.9 Å². The zero-order valence-electron chi connectivity index (χ0n) is 19.4. The van der Waals surface area contributed by atoms with E-state index in [1.165, 1.54) is 57.8 Å². The smallest absolute Gasteiger partial charge is 0.273 e. The minimum absolute atomic E-state index is 0.00685. The van der Waals surface area contributed by atoms with Crippen LogP contribution in [-0.4, -0.2) is 47.8 Å². The van der Waals surface area contributed by atoms with E-state index in [9.17, 15) is 4.79 Å². The maximum Gasteiger partial charge on any atom is 0.273 e. The molecule has 0 fully saturated rings. The van der Waals surface area contributed by atoms with Crippen LogP contribution in [0.1, 0.15) is 110 Å². The highest BCUT2D eigenvalue weighted by Gasteiger charge is 2.15. The number of rotatable bonds is 23. The lowest BCUT2D eigenvalue weighted by molar-refractivity contribution is -0.343. The molecular formula is C24H47NO5. The van der Waals surface area contributed by atoms with E-state index in [2.05, 4.69) is 19.1 Å². The van der Waals surface area contributed by atoms with Gasteiger partial charge < -0.3 is 10.2 Å². The van der Waals surface area contributed by atoms with Gasteiger partial charge in [-0.15, -0.1) is 0 Å². The number of allylic oxidation sites excluding steroid dienone is 2. The first kappa shape index (κ1) is 29.1. The maximum atomic E-state index is 12.2. The lowest BCUT2D eigenvalue weighted by Gasteiger charge is -2.20. The zero-order valence-corrected chi connectivity index (χ0v) is 19.4. The number of aliphatic hydroxyl groups excluding tert-OH is 2. The number of aliphatic hydroxyl groups is 2. The van der Waals surface area contributed by atoms with Gasteiger partial charge in [-0.1, -0.05) is 75.7 Å². The Bertz CT molecular complexity index is 380. The summed E-state index contributed by atoms with van der Waals surface area (Å²) in [5, 5.41) is 18.6. The third-order valence-corrected chi connectivity index (χ3v) is 4.88. The second kappa shape index (κ2) is 24.3. The lowest BCUT2D eigenvalue weighted by Crippen LogP contribution is -2.32. The molecule has 30 heavy (non-hydrogen) atoms. The summed E-state index contributed by atoms with van der Waals surface area (Å²) in [7, 11) is 0. The largest absolute Gasteiger partial charge is 0.396 e. The average molecular weight is 430 g/mol. The molecule has 0 aliphatic heterocycles. The monoisotopic (exact) mass is 429 g/mol. The van der Waals surface area contributed by atoms with E-state index in [1.54, 1.807) is 0 Å². The highest BCUT2D eigenvalue weighted by Crippen LogP contribution is 2.11. The molecule has 0 atom stereocenters. The van der Waals surface area contributed by atoms with Crippen LogP contribution in [0, 0.1) is 0 Å². The number of nitrogens with zero attached hydrogens (tertiary/aromatic N) is 1. The molecule has 0 unspecified atom stereocenters. The molecule has 0 saturated heterocycles. The molecular weight excluding hydrogens is 382 g/mol. The molecule has 0 spiro atoms. The summed E-state index contributed by atoms with van der Waals surface area (Å²) in [4.78, 5) is 22.8. The molecule has 0 radical (unpaired) electrons. The zero-order chi connectivity index (χ0) is 22.1. The van der Waals surface area contributed by atoms with Crippen molar-refractivity contribution in [2.45, 2.75) is 110 Å². The molecule has 0 aromatic heterocycles. The first-order valence-corrected chi connectivity index (χ1v) is 12.2. The highest BCUT2D eigenvalue weighted by atomic mass is 17.0. The Morgan fingerprint density at radius 1 is 0.700 bits per heavy atom. The SMILES string of the molecule is CCCCCCCCC=CCCCCCCCC(=O)N(OCCCO)OCCCO. The minimum Gasteiger partial charge on any atom is -0.396 e. The van der Waals surface area contributed by atoms with Gasteiger partial charge in [0.15, 0.2) is 0 Å². The van der Waals surface area contributed by atoms with Gasteiger partial charge in [0, 0.05) is 19.6 Å². The van der Waals surface area contributed by atoms with Gasteiger partial charge in [0.1, 0.15) is 0 Å². The van der Waals surface area contributed by atoms with Crippen LogP contribution in [0.25, 0.3) is 0 Å². The Kier molecular flexibility index (Phi) is 23.6. The summed E-state index contributed by atoms with van der Waals surface area (Å²) in [5.74, 6) is -0.205. The van der Waals surface area contributed by atoms with Gasteiger partial charge in [-0.25, -0.2) is 9.68 Å². The van der Waals surface area contributed by atoms with Gasteiger partial charge in [-0.3, -0.25) is 4.79 Å². The van der Waals surface area contributed by atoms with Crippen molar-refractivity contribution in [2.75, 3.05) is 26.4 Å². The van der Waals surface area contributed by atoms with E-state index >= 15 is 0 Å². The van der Waals surface area contributed by atoms with Gasteiger partial charge in [-0.05, 0) is 44.9 Å². The maximum absolute atomic E-state index is 12.2. The molecule has 0 aliphatic rings. The summed E-state index contributed by atoms with van der Waals surface area (Å²) in [6.45, 7) is 2.73. The summed E-state index contributed by atoms with van der Waals surface area (Å²) in [5.41, 5.74) is 0. The molecule has 0 bridgehead atoms. The second-order valence-corrected chi connectivity index (χ2v) is 7.81. The van der Waals surface area contributed by atoms with Crippen molar-refractivity contribution in [3.63, 3.8) is 0 Å². The molecule has 0 aliphatic carbocycles. The van der Waals surface area contributed by atoms with Crippen LogP contribution >= 0.6 is 0 Å². The summed E-state index contributed by atoms with van der Waals surface area (Å²) in [6.07, 6.45) is 21.8. The number of hydrogen-bond acceptors (Lipinski definition) is 5. The standard InChI is InChI=1S/C24H47NO5/c1-2-3-4-5-6-7-8-9-10-11-12-13-14-15-16-19-24(28)25(29-22-17-20-26)30-23-18-21-27/h9-10,26-27H,2-8,11-23H2,1H3. The van der Waals surface area contributed by atoms with Crippen LogP contribution in [0.5, 0.6) is 0 Å². The molecule has 178 valence electrons. The number of unbranched alkanes of at least 4 members (excludes halogenated alkanes) is 11. The Labute approximate surface area is 184 Å². The fourth-order valence-corrected chi connectivity index (χ4v) is 3.04. The van der Waals surface area contributed by atoms with Crippen molar-refractivity contribution in [1.29, 1.82) is 0 Å². The Morgan fingerprint density at radius 2 is 1.17 bits per heavy atom. The second-order valence-electron chi connectivity index (χ2n) is 7.81. The Hall–Kier alpha value is -0.950. The number of carbonyl (C=O) groups is 1. The molecule has 0 rings (SSSR count). The van der Waals surface area contributed by atoms with Crippen molar-refractivity contribution in [1.82, 2.24) is 5.23 Å². The van der Waals surface area contributed by atoms with E-state index in [-0.39, 0.29) is 32.3 Å². The summed E-state index contributed by atoms with van der Waals surface area (Å²) < 4.78 is 0. The molecule has 6 heteroatoms. The van der Waals surface area contributed by atoms with Crippen LogP contribution in [0.15, 0.2) is 12.2 Å². The van der Waals surface area contributed by atoms with Crippen LogP contribution in [-0.2, 0) is 14.5 Å². The van der Waals surface area contributed by atoms with Gasteiger partial charge in [-0.2, -0.15) is 0 Å². The summed E-state index contributed by atoms with van der Waals surface area (Å²) >= 11 is 0. The van der Waals surface area contributed by atoms with E-state index in [1.807, 2.05) is 0 Å². The van der Waals surface area contributed by atoms with E-state index in [0.29, 0.717) is 19.3 Å². The van der Waals surface area contributed by atoms with Crippen molar-refractivity contribution in [3.05, 3.63) is 12.2 Å². The highest BCUT2D eigenvalue weighted by molar-refractivity contribution is 5.73. The molecule has 0 saturated carbocycles. The number of amides is 1. The first-order chi connectivity index (χ1) is 14.8. The predicted molar refractivity (Wildman–Crippen MR) is 122 cm³/mol. The van der Waals surface area contributed by atoms with Crippen molar-refractivity contribution < 1.29 is 24.7 Å². The van der Waals surface area contributed by atoms with Crippen LogP contribution in [0.2, 0.25) is 0 Å². The average Bonchev–Trinajstić information content (AvgIpc) is 2.75. The van der Waals surface area contributed by atoms with Gasteiger partial charge in [0.25, 0.3) is 5.91 Å². The Balaban J connectivity index is 3.62. The number of hydrogen-bond donors (Lipinski definition) is 2. The van der Waals surface area contributed by atoms with Gasteiger partial charge in [0.2, 0.25) is 0 Å². The normalized spacial score (nSPS) is 11.4. The Morgan fingerprint density at radius 3 is 1.67 bits per heavy atom. The molecule has 0 aromatic carbocycles. The van der Waals surface area contributed by atoms with Crippen LogP contribution < -0.4 is 0 Å². The lowest BCUT2D eigenvalue weighted by atomic mass is 10.1. The summed E-state index contributed by atoms with van der Waals surface area (Å²) in [6, 6.07) is 0. The number of hydroxylamine groups is 2. The quantitative estimate of drug-likeness (QED) is 0.128. The molecule has 1 amide bonds. The molecule has 0 aromatic rings. The van der Waals surface area contributed by atoms with Crippen molar-refractivity contribution in [3.8, 4) is 0 Å². The third-order valence-electron chi connectivity index (χ3n) is 4.88. The topological polar surface area (TPSA) is 79.2 Å². The minimum atomic E-state index is -0.205. The van der Waals surface area contributed by atoms with Gasteiger partial charge >= 0.3 is 0 Å². The molecule has 2 N–H and O–H groups in total. The fourth-order valence-electron chi connectivity index (χ4n) is 3.04. The van der Waals surface area contributed by atoms with E-state index < -0.39 is 0 Å². The third kappa shape index (κ3) is 20.3. The molecule has 6 nitrogen and oxygen atoms in total. The number of carbonyl (C=O) groups excluding carboxylic acids is 1. The van der Waals surface area contributed by atoms with Gasteiger partial charge in [0.05, 0.1) is 13.2 Å². The van der Waals surface area contributed by atoms with Crippen molar-refractivity contribution >= 4 is 5.91 Å². The predicted octanol–water partition coefficient (Wildman–Crippen LogP) is 5.48. The first-order valence-electron chi connectivity index (χ1n) is 12.2. The molecule has 0 heterocycles. The fraction of sp³-hybridized carbons (Fsp3) is 0.875. The van der Waals surface area contributed by atoms with Crippen molar-refractivity contribution in [2.24, 2.45) is 0 Å².